The second-order valence-electron chi connectivity index (χ2n) is 5.41. The van der Waals surface area contributed by atoms with Crippen LogP contribution in [0.4, 0.5) is 0 Å². The lowest BCUT2D eigenvalue weighted by Crippen LogP contribution is -2.04. The van der Waals surface area contributed by atoms with Crippen molar-refractivity contribution in [2.75, 3.05) is 19.5 Å². The average molecular weight is 390 g/mol. The van der Waals surface area contributed by atoms with Gasteiger partial charge in [0.2, 0.25) is 0 Å². The summed E-state index contributed by atoms with van der Waals surface area (Å²) in [6, 6.07) is 15.3. The van der Waals surface area contributed by atoms with Crippen LogP contribution in [0.1, 0.15) is 6.92 Å². The molecule has 5 nitrogen and oxygen atoms in total. The third kappa shape index (κ3) is 4.31. The van der Waals surface area contributed by atoms with E-state index in [0.717, 1.165) is 40.3 Å². The summed E-state index contributed by atoms with van der Waals surface area (Å²) in [5.74, 6) is 3.09. The molecule has 3 aromatic rings. The van der Waals surface area contributed by atoms with Gasteiger partial charge in [-0.05, 0) is 43.3 Å². The smallest absolute Gasteiger partial charge is 0.191 e. The molecule has 0 N–H and O–H groups in total. The second kappa shape index (κ2) is 8.96. The lowest BCUT2D eigenvalue weighted by molar-refractivity contribution is 0.313. The van der Waals surface area contributed by atoms with E-state index in [0.29, 0.717) is 11.6 Å². The third-order valence-corrected chi connectivity index (χ3v) is 4.96. The number of nitrogens with zero attached hydrogens (tertiary/aromatic N) is 3. The Morgan fingerprint density at radius 3 is 2.46 bits per heavy atom. The van der Waals surface area contributed by atoms with E-state index in [1.807, 2.05) is 48.5 Å². The fourth-order valence-electron chi connectivity index (χ4n) is 2.52. The Balaban J connectivity index is 1.62. The van der Waals surface area contributed by atoms with Crippen LogP contribution in [0.25, 0.3) is 11.4 Å². The van der Waals surface area contributed by atoms with Crippen LogP contribution in [-0.2, 0) is 6.54 Å². The molecule has 1 aromatic heterocycles. The Morgan fingerprint density at radius 1 is 1.04 bits per heavy atom. The zero-order chi connectivity index (χ0) is 18.4. The van der Waals surface area contributed by atoms with Crippen LogP contribution in [0.2, 0.25) is 5.02 Å². The standard InChI is InChI=1S/C19H20ClN3O2S/c1-3-23-18(14-8-10-15(20)11-9-14)21-22-19(23)26-13-12-25-17-7-5-4-6-16(17)24-2/h4-11H,3,12-13H2,1-2H3. The maximum Gasteiger partial charge on any atom is 0.191 e. The minimum atomic E-state index is 0.553. The molecule has 3 rings (SSSR count). The molecule has 0 spiro atoms. The van der Waals surface area contributed by atoms with Crippen molar-refractivity contribution in [3.05, 3.63) is 53.6 Å². The number of methoxy groups -OCH3 is 1. The highest BCUT2D eigenvalue weighted by atomic mass is 35.5. The quantitative estimate of drug-likeness (QED) is 0.409. The molecule has 0 amide bonds. The molecule has 0 radical (unpaired) electrons. The first-order valence-electron chi connectivity index (χ1n) is 8.30. The van der Waals surface area contributed by atoms with Gasteiger partial charge in [-0.25, -0.2) is 0 Å². The predicted molar refractivity (Wildman–Crippen MR) is 105 cm³/mol. The van der Waals surface area contributed by atoms with Crippen LogP contribution in [0, 0.1) is 0 Å². The summed E-state index contributed by atoms with van der Waals surface area (Å²) < 4.78 is 13.2. The summed E-state index contributed by atoms with van der Waals surface area (Å²) in [6.45, 7) is 3.43. The van der Waals surface area contributed by atoms with Crippen molar-refractivity contribution in [2.24, 2.45) is 0 Å². The first kappa shape index (κ1) is 18.6. The minimum absolute atomic E-state index is 0.553. The number of thioether (sulfide) groups is 1. The molecule has 2 aromatic carbocycles. The van der Waals surface area contributed by atoms with Gasteiger partial charge in [0.1, 0.15) is 0 Å². The number of halogens is 1. The van der Waals surface area contributed by atoms with E-state index in [-0.39, 0.29) is 0 Å². The number of aromatic nitrogens is 3. The molecule has 0 aliphatic rings. The summed E-state index contributed by atoms with van der Waals surface area (Å²) in [5, 5.41) is 10.2. The van der Waals surface area contributed by atoms with Gasteiger partial charge in [-0.15, -0.1) is 10.2 Å². The normalized spacial score (nSPS) is 10.7. The van der Waals surface area contributed by atoms with E-state index >= 15 is 0 Å². The molecular formula is C19H20ClN3O2S. The summed E-state index contributed by atoms with van der Waals surface area (Å²) in [5.41, 5.74) is 1.00. The lowest BCUT2D eigenvalue weighted by atomic mass is 10.2. The SMILES string of the molecule is CCn1c(SCCOc2ccccc2OC)nnc1-c1ccc(Cl)cc1. The first-order valence-corrected chi connectivity index (χ1v) is 9.67. The molecule has 0 bridgehead atoms. The molecule has 7 heteroatoms. The van der Waals surface area contributed by atoms with Gasteiger partial charge in [-0.1, -0.05) is 35.5 Å². The van der Waals surface area contributed by atoms with Gasteiger partial charge in [0, 0.05) is 22.9 Å². The van der Waals surface area contributed by atoms with Gasteiger partial charge in [0.15, 0.2) is 22.5 Å². The topological polar surface area (TPSA) is 49.2 Å². The van der Waals surface area contributed by atoms with E-state index in [1.165, 1.54) is 0 Å². The monoisotopic (exact) mass is 389 g/mol. The van der Waals surface area contributed by atoms with Crippen LogP contribution >= 0.6 is 23.4 Å². The summed E-state index contributed by atoms with van der Waals surface area (Å²) >= 11 is 7.59. The van der Waals surface area contributed by atoms with Gasteiger partial charge in [-0.2, -0.15) is 0 Å². The predicted octanol–water partition coefficient (Wildman–Crippen LogP) is 4.80. The van der Waals surface area contributed by atoms with Crippen LogP contribution in [-0.4, -0.2) is 34.2 Å². The van der Waals surface area contributed by atoms with Gasteiger partial charge in [0.05, 0.1) is 13.7 Å². The van der Waals surface area contributed by atoms with Crippen molar-refractivity contribution in [3.8, 4) is 22.9 Å². The highest BCUT2D eigenvalue weighted by molar-refractivity contribution is 7.99. The van der Waals surface area contributed by atoms with Gasteiger partial charge in [0.25, 0.3) is 0 Å². The Kier molecular flexibility index (Phi) is 6.41. The number of para-hydroxylation sites is 2. The molecule has 0 atom stereocenters. The number of hydrogen-bond donors (Lipinski definition) is 0. The molecular weight excluding hydrogens is 370 g/mol. The van der Waals surface area contributed by atoms with E-state index in [4.69, 9.17) is 21.1 Å². The molecule has 0 saturated carbocycles. The Hall–Kier alpha value is -2.18. The minimum Gasteiger partial charge on any atom is -0.493 e. The maximum atomic E-state index is 5.96. The van der Waals surface area contributed by atoms with Crippen molar-refractivity contribution >= 4 is 23.4 Å². The number of rotatable bonds is 8. The average Bonchev–Trinajstić information content (AvgIpc) is 3.09. The lowest BCUT2D eigenvalue weighted by Gasteiger charge is -2.10. The van der Waals surface area contributed by atoms with Crippen LogP contribution in [0.5, 0.6) is 11.5 Å². The highest BCUT2D eigenvalue weighted by Crippen LogP contribution is 2.27. The molecule has 1 heterocycles. The van der Waals surface area contributed by atoms with Gasteiger partial charge in [-0.3, -0.25) is 0 Å². The number of ether oxygens (including phenoxy) is 2. The largest absolute Gasteiger partial charge is 0.493 e. The molecule has 0 aliphatic carbocycles. The van der Waals surface area contributed by atoms with Crippen molar-refractivity contribution in [2.45, 2.75) is 18.6 Å². The molecule has 136 valence electrons. The molecule has 0 unspecified atom stereocenters. The summed E-state index contributed by atoms with van der Waals surface area (Å²) in [7, 11) is 1.64. The van der Waals surface area contributed by atoms with E-state index < -0.39 is 0 Å². The van der Waals surface area contributed by atoms with Crippen LogP contribution < -0.4 is 9.47 Å². The van der Waals surface area contributed by atoms with Crippen molar-refractivity contribution < 1.29 is 9.47 Å². The molecule has 0 fully saturated rings. The van der Waals surface area contributed by atoms with Crippen molar-refractivity contribution in [1.82, 2.24) is 14.8 Å². The fraction of sp³-hybridized carbons (Fsp3) is 0.263. The Labute approximate surface area is 162 Å². The maximum absolute atomic E-state index is 5.96. The number of hydrogen-bond acceptors (Lipinski definition) is 5. The zero-order valence-corrected chi connectivity index (χ0v) is 16.3. The molecule has 26 heavy (non-hydrogen) atoms. The number of benzene rings is 2. The summed E-state index contributed by atoms with van der Waals surface area (Å²) in [4.78, 5) is 0. The van der Waals surface area contributed by atoms with Gasteiger partial charge >= 0.3 is 0 Å². The van der Waals surface area contributed by atoms with Gasteiger partial charge < -0.3 is 14.0 Å². The van der Waals surface area contributed by atoms with Crippen LogP contribution in [0.3, 0.4) is 0 Å². The van der Waals surface area contributed by atoms with Crippen LogP contribution in [0.15, 0.2) is 53.7 Å². The molecule has 0 aliphatic heterocycles. The summed E-state index contributed by atoms with van der Waals surface area (Å²) in [6.07, 6.45) is 0. The Bertz CT molecular complexity index is 852. The van der Waals surface area contributed by atoms with E-state index in [1.54, 1.807) is 18.9 Å². The zero-order valence-electron chi connectivity index (χ0n) is 14.7. The fourth-order valence-corrected chi connectivity index (χ4v) is 3.46. The highest BCUT2D eigenvalue weighted by Gasteiger charge is 2.13. The first-order chi connectivity index (χ1) is 12.7. The van der Waals surface area contributed by atoms with E-state index in [9.17, 15) is 0 Å². The van der Waals surface area contributed by atoms with Crippen molar-refractivity contribution in [1.29, 1.82) is 0 Å². The molecule has 0 saturated heterocycles. The second-order valence-corrected chi connectivity index (χ2v) is 6.90. The van der Waals surface area contributed by atoms with E-state index in [2.05, 4.69) is 21.7 Å². The Morgan fingerprint density at radius 2 is 1.77 bits per heavy atom. The third-order valence-electron chi connectivity index (χ3n) is 3.78. The van der Waals surface area contributed by atoms with Crippen molar-refractivity contribution in [3.63, 3.8) is 0 Å².